The van der Waals surface area contributed by atoms with Gasteiger partial charge >= 0.3 is 0 Å². The molecule has 0 amide bonds. The Hall–Kier alpha value is 0.417. The van der Waals surface area contributed by atoms with E-state index in [1.165, 1.54) is 24.6 Å². The highest BCUT2D eigenvalue weighted by Gasteiger charge is 2.40. The van der Waals surface area contributed by atoms with Crippen LogP contribution in [0, 0.1) is 5.92 Å². The van der Waals surface area contributed by atoms with Crippen LogP contribution in [0.4, 0.5) is 0 Å². The van der Waals surface area contributed by atoms with Crippen molar-refractivity contribution in [3.05, 3.63) is 0 Å². The van der Waals surface area contributed by atoms with Crippen LogP contribution in [-0.4, -0.2) is 31.7 Å². The molecular weight excluding hydrogens is 292 g/mol. The Morgan fingerprint density at radius 2 is 1.95 bits per heavy atom. The molecule has 0 aromatic heterocycles. The third-order valence-corrected chi connectivity index (χ3v) is 9.97. The van der Waals surface area contributed by atoms with Gasteiger partial charge in [-0.1, -0.05) is 32.5 Å². The Kier molecular flexibility index (Phi) is 6.36. The van der Waals surface area contributed by atoms with Gasteiger partial charge in [-0.25, -0.2) is 0 Å². The van der Waals surface area contributed by atoms with Gasteiger partial charge in [-0.05, 0) is 61.8 Å². The van der Waals surface area contributed by atoms with Crippen molar-refractivity contribution < 1.29 is 9.16 Å². The van der Waals surface area contributed by atoms with Crippen molar-refractivity contribution in [1.29, 1.82) is 0 Å². The lowest BCUT2D eigenvalue weighted by molar-refractivity contribution is 0.172. The Balaban J connectivity index is 2.38. The van der Waals surface area contributed by atoms with Gasteiger partial charge in [0.1, 0.15) is 0 Å². The third-order valence-electron chi connectivity index (χ3n) is 4.36. The van der Waals surface area contributed by atoms with E-state index in [1.54, 1.807) is 0 Å². The molecule has 112 valence electrons. The van der Waals surface area contributed by atoms with E-state index in [0.29, 0.717) is 21.4 Å². The number of ether oxygens (including phenoxy) is 1. The molecule has 0 aromatic rings. The van der Waals surface area contributed by atoms with E-state index in [1.807, 2.05) is 6.26 Å². The van der Waals surface area contributed by atoms with E-state index >= 15 is 0 Å². The van der Waals surface area contributed by atoms with Crippen LogP contribution in [0.1, 0.15) is 40.0 Å². The topological polar surface area (TPSA) is 18.5 Å². The molecule has 1 fully saturated rings. The minimum atomic E-state index is -1.62. The SMILES string of the molecule is CSC(=S)OCC1CCC(O[Si](C)(C)C(C)(C)C)C1. The van der Waals surface area contributed by atoms with E-state index in [4.69, 9.17) is 21.4 Å². The first-order chi connectivity index (χ1) is 8.65. The Labute approximate surface area is 129 Å². The van der Waals surface area contributed by atoms with Crippen LogP contribution in [0.2, 0.25) is 18.1 Å². The van der Waals surface area contributed by atoms with Crippen molar-refractivity contribution >= 4 is 36.7 Å². The molecule has 0 spiro atoms. The van der Waals surface area contributed by atoms with E-state index in [9.17, 15) is 0 Å². The van der Waals surface area contributed by atoms with Gasteiger partial charge in [0, 0.05) is 6.10 Å². The molecule has 1 saturated carbocycles. The van der Waals surface area contributed by atoms with E-state index in [0.717, 1.165) is 13.0 Å². The smallest absolute Gasteiger partial charge is 0.219 e. The lowest BCUT2D eigenvalue weighted by Gasteiger charge is -2.38. The lowest BCUT2D eigenvalue weighted by atomic mass is 10.1. The fraction of sp³-hybridized carbons (Fsp3) is 0.929. The minimum Gasteiger partial charge on any atom is -0.478 e. The zero-order valence-corrected chi connectivity index (χ0v) is 15.7. The van der Waals surface area contributed by atoms with Crippen LogP contribution < -0.4 is 0 Å². The first-order valence-electron chi connectivity index (χ1n) is 7.04. The maximum atomic E-state index is 6.47. The fourth-order valence-corrected chi connectivity index (χ4v) is 3.78. The normalized spacial score (nSPS) is 24.5. The van der Waals surface area contributed by atoms with Crippen LogP contribution in [-0.2, 0) is 9.16 Å². The Bertz CT molecular complexity index is 313. The molecule has 1 rings (SSSR count). The highest BCUT2D eigenvalue weighted by Crippen LogP contribution is 2.40. The lowest BCUT2D eigenvalue weighted by Crippen LogP contribution is -2.43. The highest BCUT2D eigenvalue weighted by molar-refractivity contribution is 8.22. The summed E-state index contributed by atoms with van der Waals surface area (Å²) in [5.41, 5.74) is 0. The average molecular weight is 321 g/mol. The van der Waals surface area contributed by atoms with Crippen LogP contribution in [0.3, 0.4) is 0 Å². The molecule has 0 heterocycles. The third kappa shape index (κ3) is 5.36. The summed E-state index contributed by atoms with van der Waals surface area (Å²) in [6, 6.07) is 0. The van der Waals surface area contributed by atoms with Gasteiger partial charge in [0.05, 0.1) is 6.61 Å². The van der Waals surface area contributed by atoms with Crippen molar-refractivity contribution in [3.8, 4) is 0 Å². The summed E-state index contributed by atoms with van der Waals surface area (Å²) in [4.78, 5) is 0. The van der Waals surface area contributed by atoms with E-state index < -0.39 is 8.32 Å². The largest absolute Gasteiger partial charge is 0.478 e. The zero-order valence-electron chi connectivity index (χ0n) is 13.1. The summed E-state index contributed by atoms with van der Waals surface area (Å²) >= 11 is 6.58. The van der Waals surface area contributed by atoms with Gasteiger partial charge < -0.3 is 9.16 Å². The number of thiocarbonyl (C=S) groups is 1. The van der Waals surface area contributed by atoms with Gasteiger partial charge in [0.2, 0.25) is 4.38 Å². The molecule has 0 radical (unpaired) electrons. The number of hydrogen-bond acceptors (Lipinski definition) is 4. The van der Waals surface area contributed by atoms with Crippen molar-refractivity contribution in [2.75, 3.05) is 12.9 Å². The molecule has 2 atom stereocenters. The number of rotatable bonds is 4. The molecule has 1 aliphatic rings. The summed E-state index contributed by atoms with van der Waals surface area (Å²) in [6.45, 7) is 12.3. The van der Waals surface area contributed by atoms with Crippen LogP contribution in [0.15, 0.2) is 0 Å². The molecule has 5 heteroatoms. The molecule has 1 aliphatic carbocycles. The van der Waals surface area contributed by atoms with E-state index in [-0.39, 0.29) is 0 Å². The summed E-state index contributed by atoms with van der Waals surface area (Å²) in [6.07, 6.45) is 5.89. The Morgan fingerprint density at radius 1 is 1.32 bits per heavy atom. The predicted molar refractivity (Wildman–Crippen MR) is 91.5 cm³/mol. The second-order valence-electron chi connectivity index (χ2n) is 6.94. The molecule has 2 nitrogen and oxygen atoms in total. The van der Waals surface area contributed by atoms with Crippen LogP contribution in [0.5, 0.6) is 0 Å². The Morgan fingerprint density at radius 3 is 2.47 bits per heavy atom. The van der Waals surface area contributed by atoms with Crippen LogP contribution >= 0.6 is 24.0 Å². The average Bonchev–Trinajstić information content (AvgIpc) is 2.71. The quantitative estimate of drug-likeness (QED) is 0.544. The summed E-state index contributed by atoms with van der Waals surface area (Å²) in [7, 11) is -1.62. The first kappa shape index (κ1) is 17.5. The molecule has 19 heavy (non-hydrogen) atoms. The van der Waals surface area contributed by atoms with E-state index in [2.05, 4.69) is 33.9 Å². The van der Waals surface area contributed by atoms with Crippen LogP contribution in [0.25, 0.3) is 0 Å². The molecule has 0 N–H and O–H groups in total. The van der Waals surface area contributed by atoms with Crippen molar-refractivity contribution in [2.45, 2.75) is 64.3 Å². The zero-order chi connectivity index (χ0) is 14.7. The second kappa shape index (κ2) is 6.92. The molecule has 0 bridgehead atoms. The number of thioether (sulfide) groups is 1. The minimum absolute atomic E-state index is 0.294. The maximum absolute atomic E-state index is 6.47. The summed E-state index contributed by atoms with van der Waals surface area (Å²) in [5.74, 6) is 0.611. The standard InChI is InChI=1S/C14H28O2S2Si/c1-14(2,3)19(5,6)16-12-8-7-11(9-12)10-15-13(17)18-4/h11-12H,7-10H2,1-6H3. The maximum Gasteiger partial charge on any atom is 0.219 e. The van der Waals surface area contributed by atoms with Gasteiger partial charge in [-0.3, -0.25) is 0 Å². The summed E-state index contributed by atoms with van der Waals surface area (Å²) < 4.78 is 12.7. The van der Waals surface area contributed by atoms with Crippen molar-refractivity contribution in [1.82, 2.24) is 0 Å². The fourth-order valence-electron chi connectivity index (χ4n) is 2.13. The van der Waals surface area contributed by atoms with Crippen molar-refractivity contribution in [3.63, 3.8) is 0 Å². The second-order valence-corrected chi connectivity index (χ2v) is 13.1. The summed E-state index contributed by atoms with van der Waals surface area (Å²) in [5, 5.41) is 0.294. The molecule has 0 saturated heterocycles. The monoisotopic (exact) mass is 320 g/mol. The first-order valence-corrected chi connectivity index (χ1v) is 11.6. The molecule has 0 aromatic carbocycles. The molecular formula is C14H28O2S2Si. The predicted octanol–water partition coefficient (Wildman–Crippen LogP) is 4.84. The van der Waals surface area contributed by atoms with Gasteiger partial charge in [0.15, 0.2) is 8.32 Å². The molecule has 2 unspecified atom stereocenters. The van der Waals surface area contributed by atoms with Gasteiger partial charge in [-0.15, -0.1) is 0 Å². The highest BCUT2D eigenvalue weighted by atomic mass is 32.2. The van der Waals surface area contributed by atoms with Crippen molar-refractivity contribution in [2.24, 2.45) is 5.92 Å². The van der Waals surface area contributed by atoms with Gasteiger partial charge in [-0.2, -0.15) is 0 Å². The van der Waals surface area contributed by atoms with Gasteiger partial charge in [0.25, 0.3) is 0 Å². The molecule has 0 aliphatic heterocycles. The number of hydrogen-bond donors (Lipinski definition) is 0.